The van der Waals surface area contributed by atoms with Crippen LogP contribution in [0.25, 0.3) is 11.2 Å². The van der Waals surface area contributed by atoms with E-state index in [1.807, 2.05) is 0 Å². The number of ether oxygens (including phenoxy) is 1. The van der Waals surface area contributed by atoms with E-state index in [1.165, 1.54) is 36.5 Å². The second-order valence-corrected chi connectivity index (χ2v) is 6.61. The number of hydrogen-bond donors (Lipinski definition) is 1. The first-order valence-electron chi connectivity index (χ1n) is 5.82. The average Bonchev–Trinajstić information content (AvgIpc) is 3.07. The molecule has 3 rings (SSSR count). The number of thioether (sulfide) groups is 1. The van der Waals surface area contributed by atoms with Crippen LogP contribution in [0, 0.1) is 0 Å². The molecule has 0 aliphatic rings. The zero-order valence-corrected chi connectivity index (χ0v) is 13.2. The second kappa shape index (κ2) is 6.00. The van der Waals surface area contributed by atoms with Gasteiger partial charge in [0.2, 0.25) is 0 Å². The monoisotopic (exact) mass is 340 g/mol. The predicted molar refractivity (Wildman–Crippen MR) is 81.9 cm³/mol. The Balaban J connectivity index is 1.75. The van der Waals surface area contributed by atoms with Crippen LogP contribution >= 0.6 is 34.7 Å². The Kier molecular flexibility index (Phi) is 4.09. The van der Waals surface area contributed by atoms with Crippen molar-refractivity contribution in [3.8, 4) is 0 Å². The molecule has 0 aromatic carbocycles. The SMILES string of the molecule is COC(=O)c1cc(CSc2nc3ncncc3[nH]2)c(Cl)s1. The maximum atomic E-state index is 11.5. The number of halogens is 1. The zero-order chi connectivity index (χ0) is 14.8. The summed E-state index contributed by atoms with van der Waals surface area (Å²) in [6, 6.07) is 1.74. The van der Waals surface area contributed by atoms with E-state index in [0.717, 1.165) is 16.2 Å². The third kappa shape index (κ3) is 3.02. The van der Waals surface area contributed by atoms with E-state index in [2.05, 4.69) is 24.7 Å². The Bertz CT molecular complexity index is 769. The number of aromatic nitrogens is 4. The van der Waals surface area contributed by atoms with Crippen molar-refractivity contribution >= 4 is 51.8 Å². The van der Waals surface area contributed by atoms with Crippen LogP contribution in [0.5, 0.6) is 0 Å². The standard InChI is InChI=1S/C12H9ClN4O2S2/c1-19-11(18)8-2-6(9(13)21-8)4-20-12-16-7-3-14-5-15-10(7)17-12/h2-3,5H,4H2,1H3,(H,14,15,16,17). The minimum absolute atomic E-state index is 0.378. The first kappa shape index (κ1) is 14.3. The van der Waals surface area contributed by atoms with Gasteiger partial charge in [0.05, 0.1) is 17.6 Å². The van der Waals surface area contributed by atoms with Gasteiger partial charge in [0, 0.05) is 5.75 Å². The molecule has 0 saturated carbocycles. The summed E-state index contributed by atoms with van der Waals surface area (Å²) in [4.78, 5) is 27.4. The number of thiophene rings is 1. The van der Waals surface area contributed by atoms with Crippen molar-refractivity contribution in [2.45, 2.75) is 10.9 Å². The van der Waals surface area contributed by atoms with Gasteiger partial charge in [-0.05, 0) is 11.6 Å². The normalized spacial score (nSPS) is 11.0. The molecule has 0 spiro atoms. The number of aromatic amines is 1. The van der Waals surface area contributed by atoms with Crippen LogP contribution < -0.4 is 0 Å². The molecule has 6 nitrogen and oxygen atoms in total. The molecule has 0 fully saturated rings. The Labute approximate surface area is 132 Å². The van der Waals surface area contributed by atoms with Crippen LogP contribution in [0.4, 0.5) is 0 Å². The highest BCUT2D eigenvalue weighted by molar-refractivity contribution is 7.98. The summed E-state index contributed by atoms with van der Waals surface area (Å²) in [7, 11) is 1.35. The van der Waals surface area contributed by atoms with Gasteiger partial charge in [0.1, 0.15) is 16.7 Å². The van der Waals surface area contributed by atoms with Crippen LogP contribution in [0.1, 0.15) is 15.2 Å². The first-order chi connectivity index (χ1) is 10.2. The van der Waals surface area contributed by atoms with E-state index < -0.39 is 0 Å². The van der Waals surface area contributed by atoms with Gasteiger partial charge in [-0.2, -0.15) is 0 Å². The Morgan fingerprint density at radius 1 is 1.57 bits per heavy atom. The summed E-state index contributed by atoms with van der Waals surface area (Å²) in [6.07, 6.45) is 3.13. The molecule has 0 amide bonds. The number of nitrogens with one attached hydrogen (secondary N) is 1. The smallest absolute Gasteiger partial charge is 0.348 e. The van der Waals surface area contributed by atoms with Gasteiger partial charge in [0.15, 0.2) is 10.8 Å². The van der Waals surface area contributed by atoms with E-state index in [4.69, 9.17) is 11.6 Å². The quantitative estimate of drug-likeness (QED) is 0.580. The Hall–Kier alpha value is -1.64. The fourth-order valence-corrected chi connectivity index (χ4v) is 3.88. The first-order valence-corrected chi connectivity index (χ1v) is 8.00. The molecular formula is C12H9ClN4O2S2. The van der Waals surface area contributed by atoms with E-state index in [-0.39, 0.29) is 5.97 Å². The second-order valence-electron chi connectivity index (χ2n) is 3.99. The van der Waals surface area contributed by atoms with Gasteiger partial charge >= 0.3 is 5.97 Å². The molecule has 3 aromatic rings. The third-order valence-electron chi connectivity index (χ3n) is 2.65. The van der Waals surface area contributed by atoms with Gasteiger partial charge in [-0.1, -0.05) is 23.4 Å². The Morgan fingerprint density at radius 3 is 3.19 bits per heavy atom. The van der Waals surface area contributed by atoms with Crippen molar-refractivity contribution in [3.05, 3.63) is 33.4 Å². The number of imidazole rings is 1. The van der Waals surface area contributed by atoms with Crippen molar-refractivity contribution in [1.29, 1.82) is 0 Å². The topological polar surface area (TPSA) is 80.8 Å². The summed E-state index contributed by atoms with van der Waals surface area (Å²) >= 11 is 8.83. The number of fused-ring (bicyclic) bond motifs is 1. The van der Waals surface area contributed by atoms with E-state index in [9.17, 15) is 4.79 Å². The number of carbonyl (C=O) groups excluding carboxylic acids is 1. The molecule has 0 aliphatic carbocycles. The largest absolute Gasteiger partial charge is 0.465 e. The molecule has 3 heterocycles. The van der Waals surface area contributed by atoms with E-state index in [1.54, 1.807) is 12.3 Å². The minimum Gasteiger partial charge on any atom is -0.465 e. The molecular weight excluding hydrogens is 332 g/mol. The molecule has 108 valence electrons. The molecule has 1 N–H and O–H groups in total. The molecule has 0 bridgehead atoms. The van der Waals surface area contributed by atoms with Gasteiger partial charge in [-0.3, -0.25) is 0 Å². The van der Waals surface area contributed by atoms with Crippen molar-refractivity contribution < 1.29 is 9.53 Å². The highest BCUT2D eigenvalue weighted by atomic mass is 35.5. The number of esters is 1. The third-order valence-corrected chi connectivity index (χ3v) is 4.99. The van der Waals surface area contributed by atoms with Gasteiger partial charge in [-0.15, -0.1) is 11.3 Å². The molecule has 3 aromatic heterocycles. The Morgan fingerprint density at radius 2 is 2.43 bits per heavy atom. The van der Waals surface area contributed by atoms with Crippen molar-refractivity contribution in [1.82, 2.24) is 19.9 Å². The summed E-state index contributed by atoms with van der Waals surface area (Å²) in [5, 5.41) is 0.729. The molecule has 0 unspecified atom stereocenters. The van der Waals surface area contributed by atoms with Gasteiger partial charge < -0.3 is 9.72 Å². The molecule has 21 heavy (non-hydrogen) atoms. The van der Waals surface area contributed by atoms with Crippen molar-refractivity contribution in [2.75, 3.05) is 7.11 Å². The maximum absolute atomic E-state index is 11.5. The lowest BCUT2D eigenvalue weighted by Crippen LogP contribution is -1.97. The van der Waals surface area contributed by atoms with Crippen molar-refractivity contribution in [3.63, 3.8) is 0 Å². The van der Waals surface area contributed by atoms with E-state index >= 15 is 0 Å². The van der Waals surface area contributed by atoms with Crippen LogP contribution in [0.2, 0.25) is 4.34 Å². The number of hydrogen-bond acceptors (Lipinski definition) is 7. The predicted octanol–water partition coefficient (Wildman–Crippen LogP) is 3.15. The minimum atomic E-state index is -0.378. The van der Waals surface area contributed by atoms with Gasteiger partial charge in [-0.25, -0.2) is 19.7 Å². The van der Waals surface area contributed by atoms with Crippen LogP contribution in [-0.4, -0.2) is 33.0 Å². The van der Waals surface area contributed by atoms with Gasteiger partial charge in [0.25, 0.3) is 0 Å². The molecule has 9 heteroatoms. The highest BCUT2D eigenvalue weighted by Crippen LogP contribution is 2.32. The summed E-state index contributed by atoms with van der Waals surface area (Å²) < 4.78 is 5.26. The average molecular weight is 341 g/mol. The molecule has 0 saturated heterocycles. The molecule has 0 aliphatic heterocycles. The summed E-state index contributed by atoms with van der Waals surface area (Å²) in [5.41, 5.74) is 2.28. The van der Waals surface area contributed by atoms with Crippen LogP contribution in [0.15, 0.2) is 23.7 Å². The van der Waals surface area contributed by atoms with Crippen LogP contribution in [0.3, 0.4) is 0 Å². The fraction of sp³-hybridized carbons (Fsp3) is 0.167. The number of rotatable bonds is 4. The lowest BCUT2D eigenvalue weighted by atomic mass is 10.3. The summed E-state index contributed by atoms with van der Waals surface area (Å²) in [5.74, 6) is 0.219. The lowest BCUT2D eigenvalue weighted by Gasteiger charge is -1.95. The number of methoxy groups -OCH3 is 1. The summed E-state index contributed by atoms with van der Waals surface area (Å²) in [6.45, 7) is 0. The molecule has 0 radical (unpaired) electrons. The maximum Gasteiger partial charge on any atom is 0.348 e. The zero-order valence-electron chi connectivity index (χ0n) is 10.8. The van der Waals surface area contributed by atoms with Crippen molar-refractivity contribution in [2.24, 2.45) is 0 Å². The number of carbonyl (C=O) groups is 1. The molecule has 0 atom stereocenters. The fourth-order valence-electron chi connectivity index (χ4n) is 1.66. The number of nitrogens with zero attached hydrogens (tertiary/aromatic N) is 3. The number of H-pyrrole nitrogens is 1. The lowest BCUT2D eigenvalue weighted by molar-refractivity contribution is 0.0606. The van der Waals surface area contributed by atoms with E-state index in [0.29, 0.717) is 20.6 Å². The van der Waals surface area contributed by atoms with Crippen LogP contribution in [-0.2, 0) is 10.5 Å². The highest BCUT2D eigenvalue weighted by Gasteiger charge is 2.14.